The fraction of sp³-hybridized carbons (Fsp3) is 0.400. The molecule has 0 saturated heterocycles. The van der Waals surface area contributed by atoms with Crippen molar-refractivity contribution in [2.24, 2.45) is 4.99 Å². The lowest BCUT2D eigenvalue weighted by Gasteiger charge is -2.31. The van der Waals surface area contributed by atoms with Gasteiger partial charge in [0.25, 0.3) is 0 Å². The second-order valence-corrected chi connectivity index (χ2v) is 5.39. The number of nitrogens with one attached hydrogen (secondary N) is 1. The van der Waals surface area contributed by atoms with Gasteiger partial charge in [-0.3, -0.25) is 0 Å². The molecule has 0 spiro atoms. The number of nitrogens with zero attached hydrogens (tertiary/aromatic N) is 2. The molecule has 102 valence electrons. The Morgan fingerprint density at radius 1 is 1.47 bits per heavy atom. The van der Waals surface area contributed by atoms with Crippen molar-refractivity contribution >= 4 is 17.9 Å². The van der Waals surface area contributed by atoms with Crippen molar-refractivity contribution in [3.8, 4) is 0 Å². The molecule has 0 saturated carbocycles. The zero-order valence-electron chi connectivity index (χ0n) is 11.6. The van der Waals surface area contributed by atoms with Crippen LogP contribution in [0.15, 0.2) is 40.5 Å². The van der Waals surface area contributed by atoms with Crippen LogP contribution in [0.5, 0.6) is 0 Å². The van der Waals surface area contributed by atoms with E-state index in [0.29, 0.717) is 0 Å². The number of likely N-dealkylation sites (N-methyl/N-ethyl adjacent to an activating group) is 1. The molecule has 3 nitrogen and oxygen atoms in total. The standard InChI is InChI=1S/C15H20ClN3/c1-11-5-4-6-12(7-11)14(17-2)8-15-13(16)9-18-10-19(15)3/h4-7,9-10,14-15,17H,8H2,1-3H3/t14?,15-/m0/s1. The van der Waals surface area contributed by atoms with Gasteiger partial charge in [-0.2, -0.15) is 0 Å². The molecule has 1 N–H and O–H groups in total. The SMILES string of the molecule is CNC(C[C@H]1C(Cl)=CN=CN1C)c1cccc(C)c1. The second-order valence-electron chi connectivity index (χ2n) is 4.95. The van der Waals surface area contributed by atoms with Crippen LogP contribution in [0.4, 0.5) is 0 Å². The predicted molar refractivity (Wildman–Crippen MR) is 81.6 cm³/mol. The first-order chi connectivity index (χ1) is 9.11. The van der Waals surface area contributed by atoms with Crippen LogP contribution in [0.25, 0.3) is 0 Å². The van der Waals surface area contributed by atoms with E-state index in [-0.39, 0.29) is 12.1 Å². The molecule has 0 aromatic heterocycles. The van der Waals surface area contributed by atoms with Crippen molar-refractivity contribution < 1.29 is 0 Å². The Bertz CT molecular complexity index is 496. The molecule has 0 radical (unpaired) electrons. The first-order valence-corrected chi connectivity index (χ1v) is 6.84. The summed E-state index contributed by atoms with van der Waals surface area (Å²) in [5.41, 5.74) is 2.57. The third-order valence-electron chi connectivity index (χ3n) is 3.51. The van der Waals surface area contributed by atoms with E-state index in [2.05, 4.69) is 46.4 Å². The minimum Gasteiger partial charge on any atom is -0.358 e. The van der Waals surface area contributed by atoms with Gasteiger partial charge in [-0.1, -0.05) is 41.4 Å². The molecular weight excluding hydrogens is 258 g/mol. The van der Waals surface area contributed by atoms with Crippen LogP contribution >= 0.6 is 11.6 Å². The summed E-state index contributed by atoms with van der Waals surface area (Å²) in [6, 6.07) is 9.04. The zero-order valence-corrected chi connectivity index (χ0v) is 12.4. The van der Waals surface area contributed by atoms with Crippen LogP contribution in [-0.4, -0.2) is 31.4 Å². The number of hydrogen-bond donors (Lipinski definition) is 1. The van der Waals surface area contributed by atoms with Crippen LogP contribution < -0.4 is 5.32 Å². The second kappa shape index (κ2) is 6.22. The fourth-order valence-electron chi connectivity index (χ4n) is 2.38. The molecule has 19 heavy (non-hydrogen) atoms. The molecule has 1 unspecified atom stereocenters. The summed E-state index contributed by atoms with van der Waals surface area (Å²) >= 11 is 6.28. The number of hydrogen-bond acceptors (Lipinski definition) is 3. The molecule has 4 heteroatoms. The van der Waals surface area contributed by atoms with E-state index in [4.69, 9.17) is 11.6 Å². The summed E-state index contributed by atoms with van der Waals surface area (Å²) in [6.45, 7) is 2.11. The molecule has 0 bridgehead atoms. The smallest absolute Gasteiger partial charge is 0.0908 e. The normalized spacial score (nSPS) is 20.3. The van der Waals surface area contributed by atoms with Gasteiger partial charge in [0.1, 0.15) is 0 Å². The van der Waals surface area contributed by atoms with E-state index in [1.54, 1.807) is 6.20 Å². The highest BCUT2D eigenvalue weighted by atomic mass is 35.5. The molecule has 0 fully saturated rings. The van der Waals surface area contributed by atoms with Gasteiger partial charge >= 0.3 is 0 Å². The molecule has 1 aromatic rings. The summed E-state index contributed by atoms with van der Waals surface area (Å²) in [5, 5.41) is 4.17. The van der Waals surface area contributed by atoms with Crippen molar-refractivity contribution in [1.29, 1.82) is 0 Å². The van der Waals surface area contributed by atoms with Crippen LogP contribution in [0.3, 0.4) is 0 Å². The quantitative estimate of drug-likeness (QED) is 0.916. The van der Waals surface area contributed by atoms with Crippen molar-refractivity contribution in [2.75, 3.05) is 14.1 Å². The molecule has 1 aliphatic heterocycles. The maximum Gasteiger partial charge on any atom is 0.0908 e. The Kier molecular flexibility index (Phi) is 4.61. The van der Waals surface area contributed by atoms with Crippen molar-refractivity contribution in [3.05, 3.63) is 46.6 Å². The summed E-state index contributed by atoms with van der Waals surface area (Å²) in [5.74, 6) is 0. The molecule has 1 aromatic carbocycles. The zero-order chi connectivity index (χ0) is 13.8. The van der Waals surface area contributed by atoms with E-state index in [0.717, 1.165) is 11.5 Å². The van der Waals surface area contributed by atoms with Gasteiger partial charge in [-0.25, -0.2) is 4.99 Å². The van der Waals surface area contributed by atoms with E-state index < -0.39 is 0 Å². The van der Waals surface area contributed by atoms with Crippen molar-refractivity contribution in [3.63, 3.8) is 0 Å². The predicted octanol–water partition coefficient (Wildman–Crippen LogP) is 3.07. The third kappa shape index (κ3) is 3.37. The summed E-state index contributed by atoms with van der Waals surface area (Å²) in [7, 11) is 3.99. The lowest BCUT2D eigenvalue weighted by atomic mass is 9.97. The van der Waals surface area contributed by atoms with Crippen LogP contribution in [0.1, 0.15) is 23.6 Å². The number of halogens is 1. The first kappa shape index (κ1) is 14.1. The van der Waals surface area contributed by atoms with Crippen LogP contribution in [-0.2, 0) is 0 Å². The van der Waals surface area contributed by atoms with Crippen LogP contribution in [0.2, 0.25) is 0 Å². The number of aliphatic imine (C=N–C) groups is 1. The molecule has 2 rings (SSSR count). The Morgan fingerprint density at radius 3 is 2.89 bits per heavy atom. The van der Waals surface area contributed by atoms with E-state index in [1.165, 1.54) is 11.1 Å². The molecule has 1 aliphatic rings. The average Bonchev–Trinajstić information content (AvgIpc) is 2.38. The fourth-order valence-corrected chi connectivity index (χ4v) is 2.68. The monoisotopic (exact) mass is 277 g/mol. The third-order valence-corrected chi connectivity index (χ3v) is 3.86. The highest BCUT2D eigenvalue weighted by molar-refractivity contribution is 6.30. The Hall–Kier alpha value is -1.32. The van der Waals surface area contributed by atoms with Gasteiger partial charge in [0.2, 0.25) is 0 Å². The van der Waals surface area contributed by atoms with Crippen LogP contribution in [0, 0.1) is 6.92 Å². The van der Waals surface area contributed by atoms with E-state index in [1.807, 2.05) is 20.4 Å². The molecule has 0 amide bonds. The number of benzene rings is 1. The minimum atomic E-state index is 0.178. The van der Waals surface area contributed by atoms with Gasteiger partial charge in [-0.05, 0) is 26.0 Å². The lowest BCUT2D eigenvalue weighted by molar-refractivity contribution is 0.360. The van der Waals surface area contributed by atoms with Crippen molar-refractivity contribution in [1.82, 2.24) is 10.2 Å². The van der Waals surface area contributed by atoms with Gasteiger partial charge in [0, 0.05) is 19.3 Å². The number of aryl methyl sites for hydroxylation is 1. The maximum absolute atomic E-state index is 6.28. The average molecular weight is 278 g/mol. The molecule has 0 aliphatic carbocycles. The van der Waals surface area contributed by atoms with Gasteiger partial charge < -0.3 is 10.2 Å². The minimum absolute atomic E-state index is 0.178. The lowest BCUT2D eigenvalue weighted by Crippen LogP contribution is -2.36. The Labute approximate surface area is 120 Å². The molecule has 2 atom stereocenters. The summed E-state index contributed by atoms with van der Waals surface area (Å²) in [4.78, 5) is 6.15. The largest absolute Gasteiger partial charge is 0.358 e. The van der Waals surface area contributed by atoms with Gasteiger partial charge in [0.15, 0.2) is 0 Å². The first-order valence-electron chi connectivity index (χ1n) is 6.46. The molecular formula is C15H20ClN3. The van der Waals surface area contributed by atoms with Gasteiger partial charge in [0.05, 0.1) is 17.4 Å². The highest BCUT2D eigenvalue weighted by Gasteiger charge is 2.23. The topological polar surface area (TPSA) is 27.6 Å². The highest BCUT2D eigenvalue weighted by Crippen LogP contribution is 2.27. The Morgan fingerprint density at radius 2 is 2.26 bits per heavy atom. The van der Waals surface area contributed by atoms with E-state index >= 15 is 0 Å². The summed E-state index contributed by atoms with van der Waals surface area (Å²) in [6.07, 6.45) is 4.46. The maximum atomic E-state index is 6.28. The van der Waals surface area contributed by atoms with Crippen molar-refractivity contribution in [2.45, 2.75) is 25.4 Å². The molecule has 1 heterocycles. The van der Waals surface area contributed by atoms with Gasteiger partial charge in [-0.15, -0.1) is 0 Å². The Balaban J connectivity index is 2.15. The number of rotatable bonds is 4. The van der Waals surface area contributed by atoms with E-state index in [9.17, 15) is 0 Å². The summed E-state index contributed by atoms with van der Waals surface area (Å²) < 4.78 is 0.